The Balaban J connectivity index is 3.73. The molecule has 2 N–H and O–H groups in total. The van der Waals surface area contributed by atoms with E-state index in [0.717, 1.165) is 0 Å². The minimum Gasteiger partial charge on any atom is -0.480 e. The van der Waals surface area contributed by atoms with Gasteiger partial charge in [-0.3, -0.25) is 4.79 Å². The number of carbonyl (C=O) groups excluding carboxylic acids is 1. The molecule has 0 rings (SSSR count). The van der Waals surface area contributed by atoms with Crippen LogP contribution in [0.4, 0.5) is 0 Å². The predicted molar refractivity (Wildman–Crippen MR) is 51.4 cm³/mol. The van der Waals surface area contributed by atoms with Crippen molar-refractivity contribution in [3.63, 3.8) is 0 Å². The normalized spacial score (nSPS) is 10.8. The Morgan fingerprint density at radius 2 is 2.46 bits per heavy atom. The van der Waals surface area contributed by atoms with E-state index >= 15 is 0 Å². The van der Waals surface area contributed by atoms with Gasteiger partial charge < -0.3 is 10.4 Å². The molecule has 0 aliphatic carbocycles. The van der Waals surface area contributed by atoms with Crippen molar-refractivity contribution in [1.29, 1.82) is 0 Å². The number of hydrogen-bond acceptors (Lipinski definition) is 3. The Hall–Kier alpha value is -1.15. The first-order valence-corrected chi connectivity index (χ1v) is 4.77. The fourth-order valence-corrected chi connectivity index (χ4v) is 1.41. The van der Waals surface area contributed by atoms with E-state index in [0.29, 0.717) is 17.9 Å². The average molecular weight is 201 g/mol. The highest BCUT2D eigenvalue weighted by molar-refractivity contribution is 7.99. The Labute approximate surface area is 81.1 Å². The molecule has 0 aromatic rings. The van der Waals surface area contributed by atoms with Gasteiger partial charge in [-0.2, -0.15) is 0 Å². The number of carbonyl (C=O) groups is 2. The largest absolute Gasteiger partial charge is 0.480 e. The van der Waals surface area contributed by atoms with Gasteiger partial charge in [0.15, 0.2) is 0 Å². The summed E-state index contributed by atoms with van der Waals surface area (Å²) in [5, 5.41) is 10.8. The molecule has 0 saturated carbocycles. The quantitative estimate of drug-likeness (QED) is 0.359. The lowest BCUT2D eigenvalue weighted by atomic mass is 10.3. The number of carboxylic acid groups (broad SMARTS) is 1. The minimum atomic E-state index is -1.02. The third-order valence-electron chi connectivity index (χ3n) is 1.20. The molecule has 0 spiro atoms. The molecule has 13 heavy (non-hydrogen) atoms. The van der Waals surface area contributed by atoms with Crippen molar-refractivity contribution in [3.05, 3.63) is 0 Å². The molecule has 1 unspecified atom stereocenters. The fourth-order valence-electron chi connectivity index (χ4n) is 0.573. The molecule has 72 valence electrons. The number of rotatable bonds is 6. The highest BCUT2D eigenvalue weighted by atomic mass is 32.2. The maximum Gasteiger partial charge on any atom is 0.327 e. The van der Waals surface area contributed by atoms with Crippen molar-refractivity contribution >= 4 is 24.1 Å². The number of hydrogen-bond donors (Lipinski definition) is 2. The van der Waals surface area contributed by atoms with Gasteiger partial charge >= 0.3 is 5.97 Å². The van der Waals surface area contributed by atoms with Crippen molar-refractivity contribution in [2.45, 2.75) is 13.0 Å². The van der Waals surface area contributed by atoms with Gasteiger partial charge in [0.2, 0.25) is 6.41 Å². The zero-order valence-electron chi connectivity index (χ0n) is 7.24. The molecule has 1 amide bonds. The lowest BCUT2D eigenvalue weighted by Gasteiger charge is -2.08. The zero-order chi connectivity index (χ0) is 10.1. The van der Waals surface area contributed by atoms with Crippen LogP contribution in [0, 0.1) is 11.8 Å². The van der Waals surface area contributed by atoms with Gasteiger partial charge in [-0.1, -0.05) is 5.92 Å². The van der Waals surface area contributed by atoms with E-state index in [1.54, 1.807) is 6.92 Å². The number of aliphatic carboxylic acids is 1. The third kappa shape index (κ3) is 6.05. The summed E-state index contributed by atoms with van der Waals surface area (Å²) in [5.41, 5.74) is 0. The van der Waals surface area contributed by atoms with E-state index in [1.165, 1.54) is 11.8 Å². The first-order chi connectivity index (χ1) is 6.22. The van der Waals surface area contributed by atoms with Crippen LogP contribution in [-0.4, -0.2) is 35.0 Å². The molecule has 0 fully saturated rings. The average Bonchev–Trinajstić information content (AvgIpc) is 2.10. The van der Waals surface area contributed by atoms with Crippen molar-refractivity contribution in [3.8, 4) is 11.8 Å². The Bertz CT molecular complexity index is 231. The summed E-state index contributed by atoms with van der Waals surface area (Å²) in [7, 11) is 0. The topological polar surface area (TPSA) is 66.4 Å². The number of thioether (sulfide) groups is 1. The first kappa shape index (κ1) is 11.8. The molecule has 5 heteroatoms. The molecule has 0 heterocycles. The van der Waals surface area contributed by atoms with Crippen molar-refractivity contribution in [2.75, 3.05) is 11.5 Å². The van der Waals surface area contributed by atoms with E-state index in [2.05, 4.69) is 17.2 Å². The van der Waals surface area contributed by atoms with E-state index < -0.39 is 12.0 Å². The van der Waals surface area contributed by atoms with Gasteiger partial charge in [0.25, 0.3) is 0 Å². The summed E-state index contributed by atoms with van der Waals surface area (Å²) < 4.78 is 0. The lowest BCUT2D eigenvalue weighted by Crippen LogP contribution is -2.37. The van der Waals surface area contributed by atoms with Gasteiger partial charge in [-0.25, -0.2) is 4.79 Å². The van der Waals surface area contributed by atoms with E-state index in [-0.39, 0.29) is 0 Å². The van der Waals surface area contributed by atoms with Crippen LogP contribution >= 0.6 is 11.8 Å². The molecular weight excluding hydrogens is 190 g/mol. The number of carboxylic acids is 1. The van der Waals surface area contributed by atoms with E-state index in [9.17, 15) is 9.59 Å². The summed E-state index contributed by atoms with van der Waals surface area (Å²) in [4.78, 5) is 20.5. The Kier molecular flexibility index (Phi) is 6.83. The highest BCUT2D eigenvalue weighted by Crippen LogP contribution is 2.01. The molecule has 0 aliphatic rings. The predicted octanol–water partition coefficient (Wildman–Crippen LogP) is -0.0579. The van der Waals surface area contributed by atoms with Crippen LogP contribution < -0.4 is 5.32 Å². The van der Waals surface area contributed by atoms with Gasteiger partial charge in [-0.05, 0) is 6.92 Å². The lowest BCUT2D eigenvalue weighted by molar-refractivity contribution is -0.139. The maximum absolute atomic E-state index is 10.5. The fraction of sp³-hybridized carbons (Fsp3) is 0.500. The molecule has 0 aromatic carbocycles. The molecule has 4 nitrogen and oxygen atoms in total. The molecule has 0 aromatic heterocycles. The maximum atomic E-state index is 10.5. The van der Waals surface area contributed by atoms with Crippen LogP contribution in [0.15, 0.2) is 0 Å². The first-order valence-electron chi connectivity index (χ1n) is 3.62. The monoisotopic (exact) mass is 201 g/mol. The van der Waals surface area contributed by atoms with Crippen molar-refractivity contribution < 1.29 is 14.7 Å². The summed E-state index contributed by atoms with van der Waals surface area (Å²) in [6, 6.07) is -0.818. The molecular formula is C8H11NO3S. The molecule has 0 aliphatic heterocycles. The van der Waals surface area contributed by atoms with Crippen LogP contribution in [0.3, 0.4) is 0 Å². The molecule has 0 saturated heterocycles. The Morgan fingerprint density at radius 1 is 1.77 bits per heavy atom. The van der Waals surface area contributed by atoms with Crippen LogP contribution in [0.2, 0.25) is 0 Å². The highest BCUT2D eigenvalue weighted by Gasteiger charge is 2.14. The smallest absolute Gasteiger partial charge is 0.327 e. The standard InChI is InChI=1S/C8H11NO3S/c1-2-3-4-13-5-7(8(11)12)9-6-10/h6-7H,4-5H2,1H3,(H,9,10)(H,11,12). The van der Waals surface area contributed by atoms with Crippen molar-refractivity contribution in [2.24, 2.45) is 0 Å². The number of amides is 1. The van der Waals surface area contributed by atoms with Crippen molar-refractivity contribution in [1.82, 2.24) is 5.32 Å². The van der Waals surface area contributed by atoms with E-state index in [4.69, 9.17) is 5.11 Å². The number of nitrogens with one attached hydrogen (secondary N) is 1. The molecule has 0 radical (unpaired) electrons. The van der Waals surface area contributed by atoms with E-state index in [1.807, 2.05) is 0 Å². The van der Waals surface area contributed by atoms with Crippen LogP contribution in [0.5, 0.6) is 0 Å². The summed E-state index contributed by atoms with van der Waals surface area (Å²) in [6.45, 7) is 1.72. The second-order valence-electron chi connectivity index (χ2n) is 2.12. The van der Waals surface area contributed by atoms with Gasteiger partial charge in [-0.15, -0.1) is 17.7 Å². The molecule has 0 bridgehead atoms. The Morgan fingerprint density at radius 3 is 2.92 bits per heavy atom. The minimum absolute atomic E-state index is 0.336. The SMILES string of the molecule is CC#CCSCC(NC=O)C(=O)O. The second kappa shape index (κ2) is 7.50. The summed E-state index contributed by atoms with van der Waals surface area (Å²) in [6.07, 6.45) is 0.394. The summed E-state index contributed by atoms with van der Waals surface area (Å²) in [5.74, 6) is 5.38. The molecule has 1 atom stereocenters. The zero-order valence-corrected chi connectivity index (χ0v) is 8.06. The summed E-state index contributed by atoms with van der Waals surface area (Å²) >= 11 is 1.38. The second-order valence-corrected chi connectivity index (χ2v) is 3.15. The van der Waals surface area contributed by atoms with Crippen LogP contribution in [-0.2, 0) is 9.59 Å². The van der Waals surface area contributed by atoms with Crippen LogP contribution in [0.25, 0.3) is 0 Å². The van der Waals surface area contributed by atoms with Crippen LogP contribution in [0.1, 0.15) is 6.92 Å². The van der Waals surface area contributed by atoms with Gasteiger partial charge in [0, 0.05) is 5.75 Å². The van der Waals surface area contributed by atoms with Gasteiger partial charge in [0.1, 0.15) is 6.04 Å². The van der Waals surface area contributed by atoms with Gasteiger partial charge in [0.05, 0.1) is 5.75 Å². The third-order valence-corrected chi connectivity index (χ3v) is 2.12.